The minimum Gasteiger partial charge on any atom is -0.394 e. The van der Waals surface area contributed by atoms with Gasteiger partial charge in [-0.3, -0.25) is 9.00 Å². The molecule has 4 nitrogen and oxygen atoms in total. The van der Waals surface area contributed by atoms with Crippen molar-refractivity contribution in [3.05, 3.63) is 70.5 Å². The molecule has 6 heteroatoms. The van der Waals surface area contributed by atoms with E-state index in [0.717, 1.165) is 32.7 Å². The molecule has 2 N–H and O–H groups in total. The fraction of sp³-hybridized carbons (Fsp3) is 0.261. The van der Waals surface area contributed by atoms with E-state index in [1.54, 1.807) is 19.2 Å². The average Bonchev–Trinajstić information content (AvgIpc) is 2.93. The molecule has 3 rings (SSSR count). The van der Waals surface area contributed by atoms with Gasteiger partial charge in [-0.1, -0.05) is 18.2 Å². The van der Waals surface area contributed by atoms with Crippen molar-refractivity contribution in [2.24, 2.45) is 0 Å². The third-order valence-corrected chi connectivity index (χ3v) is 5.93. The molecule has 2 aromatic carbocycles. The number of aliphatic hydroxyl groups is 1. The van der Waals surface area contributed by atoms with E-state index in [9.17, 15) is 13.4 Å². The Kier molecular flexibility index (Phi) is 6.45. The van der Waals surface area contributed by atoms with Crippen molar-refractivity contribution in [2.75, 3.05) is 12.9 Å². The zero-order chi connectivity index (χ0) is 21.1. The highest BCUT2D eigenvalue weighted by atomic mass is 32.2. The molecule has 0 aromatic heterocycles. The summed E-state index contributed by atoms with van der Waals surface area (Å²) in [6.45, 7) is 3.51. The summed E-state index contributed by atoms with van der Waals surface area (Å²) in [5.41, 5.74) is 5.16. The zero-order valence-corrected chi connectivity index (χ0v) is 17.5. The van der Waals surface area contributed by atoms with Crippen LogP contribution in [0.3, 0.4) is 0 Å². The van der Waals surface area contributed by atoms with Crippen molar-refractivity contribution in [3.63, 3.8) is 0 Å². The van der Waals surface area contributed by atoms with Gasteiger partial charge in [0.05, 0.1) is 13.0 Å². The molecular weight excluding hydrogens is 389 g/mol. The maximum absolute atomic E-state index is 13.9. The number of halogens is 1. The lowest BCUT2D eigenvalue weighted by molar-refractivity contribution is -0.120. The molecule has 0 bridgehead atoms. The van der Waals surface area contributed by atoms with E-state index in [1.165, 1.54) is 12.1 Å². The predicted molar refractivity (Wildman–Crippen MR) is 115 cm³/mol. The van der Waals surface area contributed by atoms with Crippen molar-refractivity contribution in [2.45, 2.75) is 31.2 Å². The average molecular weight is 414 g/mol. The van der Waals surface area contributed by atoms with Crippen molar-refractivity contribution in [1.82, 2.24) is 5.32 Å². The first-order chi connectivity index (χ1) is 13.8. The Balaban J connectivity index is 2.00. The minimum absolute atomic E-state index is 0.109. The third-order valence-electron chi connectivity index (χ3n) is 5.00. The molecular formula is C23H24FNO3S. The molecule has 0 spiro atoms. The Morgan fingerprint density at radius 1 is 1.21 bits per heavy atom. The van der Waals surface area contributed by atoms with Gasteiger partial charge in [0, 0.05) is 28.0 Å². The lowest BCUT2D eigenvalue weighted by Gasteiger charge is -2.12. The highest BCUT2D eigenvalue weighted by Crippen LogP contribution is 2.43. The largest absolute Gasteiger partial charge is 0.394 e. The first-order valence-electron chi connectivity index (χ1n) is 9.36. The lowest BCUT2D eigenvalue weighted by atomic mass is 10.0. The number of rotatable bonds is 6. The summed E-state index contributed by atoms with van der Waals surface area (Å²) < 4.78 is 25.5. The maximum Gasteiger partial charge on any atom is 0.224 e. The number of carbonyl (C=O) groups excluding carboxylic acids is 1. The van der Waals surface area contributed by atoms with Crippen LogP contribution < -0.4 is 5.32 Å². The van der Waals surface area contributed by atoms with Gasteiger partial charge in [-0.05, 0) is 77.6 Å². The summed E-state index contributed by atoms with van der Waals surface area (Å²) >= 11 is 0. The molecule has 1 aliphatic rings. The van der Waals surface area contributed by atoms with E-state index in [1.807, 2.05) is 37.3 Å². The molecule has 1 unspecified atom stereocenters. The Labute approximate surface area is 172 Å². The van der Waals surface area contributed by atoms with Crippen molar-refractivity contribution < 1.29 is 18.5 Å². The smallest absolute Gasteiger partial charge is 0.224 e. The first kappa shape index (κ1) is 21.1. The number of hydrogen-bond acceptors (Lipinski definition) is 3. The monoisotopic (exact) mass is 413 g/mol. The van der Waals surface area contributed by atoms with Crippen molar-refractivity contribution >= 4 is 33.9 Å². The molecule has 29 heavy (non-hydrogen) atoms. The van der Waals surface area contributed by atoms with Gasteiger partial charge in [0.2, 0.25) is 5.91 Å². The van der Waals surface area contributed by atoms with Gasteiger partial charge in [0.25, 0.3) is 0 Å². The third kappa shape index (κ3) is 4.71. The number of hydrogen-bond donors (Lipinski definition) is 2. The fourth-order valence-electron chi connectivity index (χ4n) is 3.44. The van der Waals surface area contributed by atoms with E-state index in [4.69, 9.17) is 5.11 Å². The standard InChI is InChI=1S/C23H24FNO3S/c1-14(13-26)25-23(27)12-21-15(2)20(19-9-6-17(24)11-22(19)21)10-16-4-7-18(8-5-16)29(3)28/h4-11,14,26H,12-13H2,1-3H3,(H,25,27)/t14-,29?/m0/s1. The fourth-order valence-corrected chi connectivity index (χ4v) is 3.96. The quantitative estimate of drug-likeness (QED) is 0.758. The van der Waals surface area contributed by atoms with Crippen molar-refractivity contribution in [3.8, 4) is 0 Å². The number of amides is 1. The minimum atomic E-state index is -1.04. The van der Waals surface area contributed by atoms with Gasteiger partial charge >= 0.3 is 0 Å². The number of allylic oxidation sites excluding steroid dienone is 2. The van der Waals surface area contributed by atoms with Gasteiger partial charge in [0.1, 0.15) is 5.82 Å². The zero-order valence-electron chi connectivity index (χ0n) is 16.7. The van der Waals surface area contributed by atoms with Crippen LogP contribution >= 0.6 is 0 Å². The van der Waals surface area contributed by atoms with Crippen LogP contribution in [0, 0.1) is 5.82 Å². The SMILES string of the molecule is CC1=C(CC(=O)N[C@@H](C)CO)c2cc(F)ccc2C1=Cc1ccc(S(C)=O)cc1. The molecule has 0 saturated heterocycles. The topological polar surface area (TPSA) is 66.4 Å². The molecule has 0 heterocycles. The van der Waals surface area contributed by atoms with Gasteiger partial charge < -0.3 is 10.4 Å². The van der Waals surface area contributed by atoms with Crippen LogP contribution in [0.5, 0.6) is 0 Å². The molecule has 0 aliphatic heterocycles. The first-order valence-corrected chi connectivity index (χ1v) is 10.9. The number of fused-ring (bicyclic) bond motifs is 1. The number of nitrogens with one attached hydrogen (secondary N) is 1. The van der Waals surface area contributed by atoms with E-state index in [0.29, 0.717) is 5.56 Å². The second-order valence-corrected chi connectivity index (χ2v) is 8.58. The van der Waals surface area contributed by atoms with E-state index in [-0.39, 0.29) is 30.8 Å². The Hall–Kier alpha value is -2.57. The van der Waals surface area contributed by atoms with Gasteiger partial charge in [-0.15, -0.1) is 0 Å². The summed E-state index contributed by atoms with van der Waals surface area (Å²) in [5, 5.41) is 11.9. The van der Waals surface area contributed by atoms with Crippen LogP contribution in [0.4, 0.5) is 4.39 Å². The number of carbonyl (C=O) groups is 1. The van der Waals surface area contributed by atoms with E-state index >= 15 is 0 Å². The lowest BCUT2D eigenvalue weighted by Crippen LogP contribution is -2.34. The van der Waals surface area contributed by atoms with Crippen LogP contribution in [-0.2, 0) is 15.6 Å². The summed E-state index contributed by atoms with van der Waals surface area (Å²) in [6.07, 6.45) is 3.74. The molecule has 0 saturated carbocycles. The van der Waals surface area contributed by atoms with Crippen LogP contribution in [0.25, 0.3) is 17.2 Å². The molecule has 0 fully saturated rings. The molecule has 152 valence electrons. The Bertz CT molecular complexity index is 1020. The van der Waals surface area contributed by atoms with Crippen LogP contribution in [0.2, 0.25) is 0 Å². The van der Waals surface area contributed by atoms with Gasteiger partial charge in [-0.2, -0.15) is 0 Å². The second-order valence-electron chi connectivity index (χ2n) is 7.20. The van der Waals surface area contributed by atoms with Crippen molar-refractivity contribution in [1.29, 1.82) is 0 Å². The molecule has 0 radical (unpaired) electrons. The summed E-state index contributed by atoms with van der Waals surface area (Å²) in [6, 6.07) is 11.7. The normalized spacial score (nSPS) is 16.7. The number of benzene rings is 2. The maximum atomic E-state index is 13.9. The Morgan fingerprint density at radius 3 is 2.52 bits per heavy atom. The number of aliphatic hydroxyl groups excluding tert-OH is 1. The van der Waals surface area contributed by atoms with Crippen LogP contribution in [0.15, 0.2) is 52.9 Å². The second kappa shape index (κ2) is 8.84. The highest BCUT2D eigenvalue weighted by Gasteiger charge is 2.26. The summed E-state index contributed by atoms with van der Waals surface area (Å²) in [4.78, 5) is 13.1. The summed E-state index contributed by atoms with van der Waals surface area (Å²) in [7, 11) is -1.04. The predicted octanol–water partition coefficient (Wildman–Crippen LogP) is 3.78. The summed E-state index contributed by atoms with van der Waals surface area (Å²) in [5.74, 6) is -0.568. The molecule has 2 atom stereocenters. The molecule has 2 aromatic rings. The van der Waals surface area contributed by atoms with E-state index < -0.39 is 10.8 Å². The molecule has 1 amide bonds. The van der Waals surface area contributed by atoms with E-state index in [2.05, 4.69) is 5.32 Å². The molecule has 1 aliphatic carbocycles. The van der Waals surface area contributed by atoms with Crippen LogP contribution in [-0.4, -0.2) is 34.1 Å². The van der Waals surface area contributed by atoms with Gasteiger partial charge in [0.15, 0.2) is 0 Å². The van der Waals surface area contributed by atoms with Crippen LogP contribution in [0.1, 0.15) is 37.0 Å². The Morgan fingerprint density at radius 2 is 1.90 bits per heavy atom. The highest BCUT2D eigenvalue weighted by molar-refractivity contribution is 7.84. The van der Waals surface area contributed by atoms with Gasteiger partial charge in [-0.25, -0.2) is 4.39 Å².